The number of nitrogens with one attached hydrogen (secondary N) is 1. The number of rotatable bonds is 4. The number of hydrogen-bond donors (Lipinski definition) is 1. The van der Waals surface area contributed by atoms with Gasteiger partial charge in [0.05, 0.1) is 17.4 Å². The highest BCUT2D eigenvalue weighted by atomic mass is 32.2. The molecule has 0 aliphatic rings. The lowest BCUT2D eigenvalue weighted by atomic mass is 10.1. The van der Waals surface area contributed by atoms with Crippen molar-refractivity contribution in [3.63, 3.8) is 0 Å². The molecule has 2 aromatic rings. The third-order valence-electron chi connectivity index (χ3n) is 2.66. The summed E-state index contributed by atoms with van der Waals surface area (Å²) >= 11 is 0. The topological polar surface area (TPSA) is 82.8 Å². The predicted octanol–water partition coefficient (Wildman–Crippen LogP) is 2.20. The zero-order valence-corrected chi connectivity index (χ0v) is 11.7. The zero-order valence-electron chi connectivity index (χ0n) is 10.9. The van der Waals surface area contributed by atoms with Crippen LogP contribution < -0.4 is 4.72 Å². The third-order valence-corrected chi connectivity index (χ3v) is 3.87. The summed E-state index contributed by atoms with van der Waals surface area (Å²) < 4.78 is 26.6. The molecule has 1 aromatic heterocycles. The van der Waals surface area contributed by atoms with Gasteiger partial charge in [-0.05, 0) is 36.2 Å². The average Bonchev–Trinajstić information content (AvgIpc) is 2.38. The highest BCUT2D eigenvalue weighted by Crippen LogP contribution is 2.14. The van der Waals surface area contributed by atoms with E-state index in [0.29, 0.717) is 11.1 Å². The van der Waals surface area contributed by atoms with E-state index in [1.165, 1.54) is 6.20 Å². The van der Waals surface area contributed by atoms with Crippen molar-refractivity contribution in [2.24, 2.45) is 0 Å². The Labute approximate surface area is 118 Å². The second-order valence-electron chi connectivity index (χ2n) is 4.35. The van der Waals surface area contributed by atoms with Gasteiger partial charge in [0.1, 0.15) is 5.82 Å². The molecule has 0 unspecified atom stereocenters. The van der Waals surface area contributed by atoms with Crippen molar-refractivity contribution >= 4 is 15.8 Å². The van der Waals surface area contributed by atoms with Crippen LogP contribution in [0.1, 0.15) is 16.7 Å². The predicted molar refractivity (Wildman–Crippen MR) is 76.4 cm³/mol. The lowest BCUT2D eigenvalue weighted by molar-refractivity contribution is 0.600. The van der Waals surface area contributed by atoms with Gasteiger partial charge in [0.25, 0.3) is 0 Å². The average molecular weight is 287 g/mol. The minimum absolute atomic E-state index is 0.258. The van der Waals surface area contributed by atoms with Crippen LogP contribution in [0.25, 0.3) is 0 Å². The normalized spacial score (nSPS) is 10.8. The van der Waals surface area contributed by atoms with Crippen molar-refractivity contribution in [1.29, 1.82) is 5.26 Å². The Bertz CT molecular complexity index is 764. The van der Waals surface area contributed by atoms with Gasteiger partial charge >= 0.3 is 0 Å². The first-order chi connectivity index (χ1) is 9.50. The van der Waals surface area contributed by atoms with E-state index >= 15 is 0 Å². The smallest absolute Gasteiger partial charge is 0.238 e. The molecule has 0 spiro atoms. The van der Waals surface area contributed by atoms with Crippen LogP contribution in [-0.4, -0.2) is 13.4 Å². The molecule has 102 valence electrons. The molecule has 1 N–H and O–H groups in total. The van der Waals surface area contributed by atoms with Crippen LogP contribution in [0.5, 0.6) is 0 Å². The molecule has 2 rings (SSSR count). The summed E-state index contributed by atoms with van der Waals surface area (Å²) in [6.45, 7) is 1.85. The Morgan fingerprint density at radius 1 is 1.30 bits per heavy atom. The molecule has 0 saturated carbocycles. The van der Waals surface area contributed by atoms with Gasteiger partial charge in [0.2, 0.25) is 10.0 Å². The SMILES string of the molecule is Cc1ccnc(NS(=O)(=O)Cc2ccccc2C#N)c1. The molecule has 0 amide bonds. The molecule has 0 aliphatic carbocycles. The summed E-state index contributed by atoms with van der Waals surface area (Å²) in [5.74, 6) is 0.0197. The number of benzene rings is 1. The zero-order chi connectivity index (χ0) is 14.6. The van der Waals surface area contributed by atoms with Crippen molar-refractivity contribution in [3.05, 3.63) is 59.3 Å². The summed E-state index contributed by atoms with van der Waals surface area (Å²) in [7, 11) is -3.60. The number of aryl methyl sites for hydroxylation is 1. The van der Waals surface area contributed by atoms with Gasteiger partial charge in [0, 0.05) is 6.20 Å². The van der Waals surface area contributed by atoms with E-state index in [4.69, 9.17) is 5.26 Å². The summed E-state index contributed by atoms with van der Waals surface area (Å²) in [5.41, 5.74) is 1.74. The van der Waals surface area contributed by atoms with E-state index in [9.17, 15) is 8.42 Å². The maximum Gasteiger partial charge on any atom is 0.238 e. The first kappa shape index (κ1) is 14.0. The van der Waals surface area contributed by atoms with Crippen molar-refractivity contribution in [2.75, 3.05) is 4.72 Å². The fourth-order valence-electron chi connectivity index (χ4n) is 1.75. The second kappa shape index (κ2) is 5.72. The minimum Gasteiger partial charge on any atom is -0.267 e. The van der Waals surface area contributed by atoms with Gasteiger partial charge in [-0.25, -0.2) is 13.4 Å². The molecule has 0 saturated heterocycles. The largest absolute Gasteiger partial charge is 0.267 e. The molecule has 5 nitrogen and oxygen atoms in total. The van der Waals surface area contributed by atoms with E-state index in [1.54, 1.807) is 36.4 Å². The first-order valence-corrected chi connectivity index (χ1v) is 7.56. The number of anilines is 1. The number of hydrogen-bond acceptors (Lipinski definition) is 4. The van der Waals surface area contributed by atoms with E-state index in [1.807, 2.05) is 13.0 Å². The standard InChI is InChI=1S/C14H13N3O2S/c1-11-6-7-16-14(8-11)17-20(18,19)10-13-5-3-2-4-12(13)9-15/h2-8H,10H2,1H3,(H,16,17). The molecule has 0 fully saturated rings. The number of nitrogens with zero attached hydrogens (tertiary/aromatic N) is 2. The lowest BCUT2D eigenvalue weighted by Gasteiger charge is -2.08. The Morgan fingerprint density at radius 2 is 2.05 bits per heavy atom. The fraction of sp³-hybridized carbons (Fsp3) is 0.143. The minimum atomic E-state index is -3.60. The Balaban J connectivity index is 2.22. The van der Waals surface area contributed by atoms with E-state index in [0.717, 1.165) is 5.56 Å². The molecule has 0 atom stereocenters. The van der Waals surface area contributed by atoms with Gasteiger partial charge in [-0.3, -0.25) is 4.72 Å². The maximum absolute atomic E-state index is 12.1. The fourth-order valence-corrected chi connectivity index (χ4v) is 2.91. The molecule has 1 aromatic carbocycles. The van der Waals surface area contributed by atoms with Crippen LogP contribution in [0.3, 0.4) is 0 Å². The van der Waals surface area contributed by atoms with E-state index in [2.05, 4.69) is 9.71 Å². The molecular formula is C14H13N3O2S. The molecular weight excluding hydrogens is 274 g/mol. The molecule has 1 heterocycles. The molecule has 0 radical (unpaired) electrons. The van der Waals surface area contributed by atoms with Gasteiger partial charge in [-0.2, -0.15) is 5.26 Å². The first-order valence-electron chi connectivity index (χ1n) is 5.91. The lowest BCUT2D eigenvalue weighted by Crippen LogP contribution is -2.16. The van der Waals surface area contributed by atoms with Crippen molar-refractivity contribution in [3.8, 4) is 6.07 Å². The van der Waals surface area contributed by atoms with Gasteiger partial charge < -0.3 is 0 Å². The summed E-state index contributed by atoms with van der Waals surface area (Å²) in [4.78, 5) is 3.95. The Kier molecular flexibility index (Phi) is 4.01. The molecule has 0 bridgehead atoms. The maximum atomic E-state index is 12.1. The quantitative estimate of drug-likeness (QED) is 0.934. The van der Waals surface area contributed by atoms with Crippen LogP contribution in [0.4, 0.5) is 5.82 Å². The van der Waals surface area contributed by atoms with Crippen LogP contribution in [0.2, 0.25) is 0 Å². The molecule has 6 heteroatoms. The summed E-state index contributed by atoms with van der Waals surface area (Å²) in [6.07, 6.45) is 1.54. The van der Waals surface area contributed by atoms with Crippen LogP contribution in [0.15, 0.2) is 42.6 Å². The van der Waals surface area contributed by atoms with Crippen LogP contribution >= 0.6 is 0 Å². The highest BCUT2D eigenvalue weighted by molar-refractivity contribution is 7.91. The van der Waals surface area contributed by atoms with E-state index in [-0.39, 0.29) is 11.6 Å². The highest BCUT2D eigenvalue weighted by Gasteiger charge is 2.14. The Morgan fingerprint density at radius 3 is 2.75 bits per heavy atom. The summed E-state index contributed by atoms with van der Waals surface area (Å²) in [5, 5.41) is 8.96. The molecule has 20 heavy (non-hydrogen) atoms. The summed E-state index contributed by atoms with van der Waals surface area (Å²) in [6, 6.07) is 12.0. The second-order valence-corrected chi connectivity index (χ2v) is 6.07. The third kappa shape index (κ3) is 3.56. The van der Waals surface area contributed by atoms with Crippen molar-refractivity contribution in [1.82, 2.24) is 4.98 Å². The van der Waals surface area contributed by atoms with Crippen molar-refractivity contribution in [2.45, 2.75) is 12.7 Å². The number of aromatic nitrogens is 1. The van der Waals surface area contributed by atoms with Crippen LogP contribution in [0, 0.1) is 18.3 Å². The Hall–Kier alpha value is -2.39. The van der Waals surface area contributed by atoms with Gasteiger partial charge in [-0.15, -0.1) is 0 Å². The number of sulfonamides is 1. The number of pyridine rings is 1. The number of nitriles is 1. The van der Waals surface area contributed by atoms with Crippen LogP contribution in [-0.2, 0) is 15.8 Å². The molecule has 0 aliphatic heterocycles. The van der Waals surface area contributed by atoms with Gasteiger partial charge in [0.15, 0.2) is 0 Å². The van der Waals surface area contributed by atoms with E-state index < -0.39 is 10.0 Å². The van der Waals surface area contributed by atoms with Crippen molar-refractivity contribution < 1.29 is 8.42 Å². The van der Waals surface area contributed by atoms with Gasteiger partial charge in [-0.1, -0.05) is 18.2 Å². The monoisotopic (exact) mass is 287 g/mol.